The van der Waals surface area contributed by atoms with Gasteiger partial charge in [0.1, 0.15) is 11.4 Å². The van der Waals surface area contributed by atoms with Gasteiger partial charge in [0, 0.05) is 55.1 Å². The van der Waals surface area contributed by atoms with Crippen LogP contribution < -0.4 is 15.5 Å². The predicted molar refractivity (Wildman–Crippen MR) is 155 cm³/mol. The van der Waals surface area contributed by atoms with Crippen molar-refractivity contribution < 1.29 is 27.8 Å². The molecule has 1 aromatic heterocycles. The Bertz CT molecular complexity index is 1470. The van der Waals surface area contributed by atoms with Crippen LogP contribution >= 0.6 is 0 Å². The second-order valence-corrected chi connectivity index (χ2v) is 11.6. The summed E-state index contributed by atoms with van der Waals surface area (Å²) in [5, 5.41) is 6.23. The zero-order chi connectivity index (χ0) is 30.0. The first-order chi connectivity index (χ1) is 20.0. The van der Waals surface area contributed by atoms with Crippen molar-refractivity contribution in [3.63, 3.8) is 0 Å². The molecule has 10 nitrogen and oxygen atoms in total. The van der Waals surface area contributed by atoms with Gasteiger partial charge in [-0.15, -0.1) is 0 Å². The van der Waals surface area contributed by atoms with Crippen LogP contribution in [0.2, 0.25) is 0 Å². The van der Waals surface area contributed by atoms with Crippen molar-refractivity contribution in [2.24, 2.45) is 0 Å². The zero-order valence-electron chi connectivity index (χ0n) is 24.2. The summed E-state index contributed by atoms with van der Waals surface area (Å²) in [5.74, 6) is -1.52. The largest absolute Gasteiger partial charge is 0.444 e. The predicted octanol–water partition coefficient (Wildman–Crippen LogP) is 4.66. The maximum Gasteiger partial charge on any atom is 0.410 e. The van der Waals surface area contributed by atoms with Crippen LogP contribution in [0, 0.1) is 11.6 Å². The lowest BCUT2D eigenvalue weighted by molar-refractivity contribution is 0.0290. The van der Waals surface area contributed by atoms with E-state index in [4.69, 9.17) is 14.5 Å². The van der Waals surface area contributed by atoms with Gasteiger partial charge in [0.25, 0.3) is 5.91 Å². The highest BCUT2D eigenvalue weighted by Gasteiger charge is 2.31. The molecule has 2 N–H and O–H groups in total. The molecular weight excluding hydrogens is 546 g/mol. The number of halogens is 2. The van der Waals surface area contributed by atoms with E-state index in [-0.39, 0.29) is 11.9 Å². The molecule has 2 aliphatic rings. The summed E-state index contributed by atoms with van der Waals surface area (Å²) in [7, 11) is 0. The molecule has 5 rings (SSSR count). The average Bonchev–Trinajstić information content (AvgIpc) is 3.42. The minimum absolute atomic E-state index is 0.239. The third-order valence-electron chi connectivity index (χ3n) is 7.21. The lowest BCUT2D eigenvalue weighted by Crippen LogP contribution is -2.40. The highest BCUT2D eigenvalue weighted by molar-refractivity contribution is 5.98. The number of benzene rings is 2. The quantitative estimate of drug-likeness (QED) is 0.432. The van der Waals surface area contributed by atoms with Crippen LogP contribution in [0.25, 0.3) is 11.0 Å². The first kappa shape index (κ1) is 29.4. The summed E-state index contributed by atoms with van der Waals surface area (Å²) in [6.07, 6.45) is 1.88. The van der Waals surface area contributed by atoms with Crippen molar-refractivity contribution in [3.8, 4) is 0 Å². The average molecular weight is 583 g/mol. The van der Waals surface area contributed by atoms with Crippen LogP contribution in [-0.4, -0.2) is 77.9 Å². The standard InChI is InChI=1S/C30H36F2N6O4/c1-18(34-20-5-6-23(31)24(32)15-20)22-13-19(14-25-27(22)36-26(16-33-25)37-9-11-41-12-10-37)28(39)35-21-7-8-38(17-21)29(40)42-30(2,3)4/h5-6,13-16,18,21,34H,7-12,17H2,1-4H3,(H,35,39)/t18?,21-/m0/s1. The van der Waals surface area contributed by atoms with Crippen molar-refractivity contribution in [1.82, 2.24) is 20.2 Å². The van der Waals surface area contributed by atoms with Crippen molar-refractivity contribution in [2.45, 2.75) is 51.8 Å². The Morgan fingerprint density at radius 3 is 2.57 bits per heavy atom. The first-order valence-electron chi connectivity index (χ1n) is 14.1. The minimum atomic E-state index is -0.962. The number of carbonyl (C=O) groups excluding carboxylic acids is 2. The van der Waals surface area contributed by atoms with Crippen LogP contribution in [0.15, 0.2) is 36.5 Å². The van der Waals surface area contributed by atoms with Crippen LogP contribution in [0.3, 0.4) is 0 Å². The van der Waals surface area contributed by atoms with Crippen LogP contribution in [0.5, 0.6) is 0 Å². The summed E-state index contributed by atoms with van der Waals surface area (Å²) in [6.45, 7) is 10.7. The van der Waals surface area contributed by atoms with Gasteiger partial charge in [0.15, 0.2) is 11.6 Å². The normalized spacial score (nSPS) is 18.2. The van der Waals surface area contributed by atoms with Gasteiger partial charge in [0.2, 0.25) is 0 Å². The van der Waals surface area contributed by atoms with Gasteiger partial charge in [-0.25, -0.2) is 18.6 Å². The van der Waals surface area contributed by atoms with Crippen LogP contribution in [-0.2, 0) is 9.47 Å². The molecule has 12 heteroatoms. The molecule has 0 bridgehead atoms. The summed E-state index contributed by atoms with van der Waals surface area (Å²) in [4.78, 5) is 39.1. The van der Waals surface area contributed by atoms with Crippen molar-refractivity contribution >= 4 is 34.5 Å². The number of rotatable bonds is 6. The number of nitrogens with one attached hydrogen (secondary N) is 2. The number of fused-ring (bicyclic) bond motifs is 1. The fourth-order valence-electron chi connectivity index (χ4n) is 5.09. The van der Waals surface area contributed by atoms with E-state index in [1.807, 2.05) is 27.7 Å². The Labute approximate surface area is 243 Å². The topological polar surface area (TPSA) is 109 Å². The molecule has 2 aliphatic heterocycles. The molecule has 2 amide bonds. The molecule has 2 saturated heterocycles. The minimum Gasteiger partial charge on any atom is -0.444 e. The molecule has 0 saturated carbocycles. The van der Waals surface area contributed by atoms with E-state index in [0.717, 1.165) is 12.1 Å². The Kier molecular flexibility index (Phi) is 8.44. The molecule has 0 radical (unpaired) electrons. The number of carbonyl (C=O) groups is 2. The number of nitrogens with zero attached hydrogens (tertiary/aromatic N) is 4. The number of aromatic nitrogens is 2. The van der Waals surface area contributed by atoms with Crippen LogP contribution in [0.4, 0.5) is 25.1 Å². The Hall–Kier alpha value is -4.06. The summed E-state index contributed by atoms with van der Waals surface area (Å²) in [6, 6.07) is 6.36. The Balaban J connectivity index is 1.41. The van der Waals surface area contributed by atoms with Gasteiger partial charge in [-0.05, 0) is 58.4 Å². The first-order valence-corrected chi connectivity index (χ1v) is 14.1. The molecule has 42 heavy (non-hydrogen) atoms. The van der Waals surface area contributed by atoms with Gasteiger partial charge >= 0.3 is 6.09 Å². The fourth-order valence-corrected chi connectivity index (χ4v) is 5.09. The molecule has 3 heterocycles. The highest BCUT2D eigenvalue weighted by Crippen LogP contribution is 2.29. The van der Waals surface area contributed by atoms with Crippen molar-refractivity contribution in [3.05, 3.63) is 59.3 Å². The summed E-state index contributed by atoms with van der Waals surface area (Å²) >= 11 is 0. The zero-order valence-corrected chi connectivity index (χ0v) is 24.2. The highest BCUT2D eigenvalue weighted by atomic mass is 19.2. The Morgan fingerprint density at radius 2 is 1.86 bits per heavy atom. The molecule has 2 atom stereocenters. The lowest BCUT2D eigenvalue weighted by Gasteiger charge is -2.28. The maximum atomic E-state index is 13.9. The second-order valence-electron chi connectivity index (χ2n) is 11.6. The third kappa shape index (κ3) is 6.87. The van der Waals surface area contributed by atoms with Gasteiger partial charge in [-0.1, -0.05) is 0 Å². The number of likely N-dealkylation sites (tertiary alicyclic amines) is 1. The number of amides is 2. The lowest BCUT2D eigenvalue weighted by atomic mass is 10.0. The number of hydrogen-bond acceptors (Lipinski definition) is 8. The molecule has 1 unspecified atom stereocenters. The van der Waals surface area contributed by atoms with E-state index in [9.17, 15) is 18.4 Å². The molecule has 3 aromatic rings. The van der Waals surface area contributed by atoms with Gasteiger partial charge in [-0.2, -0.15) is 0 Å². The monoisotopic (exact) mass is 582 g/mol. The molecule has 2 fully saturated rings. The number of anilines is 2. The maximum absolute atomic E-state index is 13.9. The van der Waals surface area contributed by atoms with Crippen LogP contribution in [0.1, 0.15) is 56.1 Å². The number of ether oxygens (including phenoxy) is 2. The smallest absolute Gasteiger partial charge is 0.410 e. The number of hydrogen-bond donors (Lipinski definition) is 2. The van der Waals surface area contributed by atoms with Gasteiger partial charge in [0.05, 0.1) is 36.5 Å². The van der Waals surface area contributed by atoms with E-state index >= 15 is 0 Å². The van der Waals surface area contributed by atoms with Gasteiger partial charge in [-0.3, -0.25) is 9.78 Å². The van der Waals surface area contributed by atoms with Crippen molar-refractivity contribution in [1.29, 1.82) is 0 Å². The Morgan fingerprint density at radius 1 is 1.10 bits per heavy atom. The van der Waals surface area contributed by atoms with E-state index in [1.54, 1.807) is 23.2 Å². The molecule has 0 aliphatic carbocycles. The van der Waals surface area contributed by atoms with Gasteiger partial charge < -0.3 is 29.9 Å². The summed E-state index contributed by atoms with van der Waals surface area (Å²) < 4.78 is 38.4. The fraction of sp³-hybridized carbons (Fsp3) is 0.467. The summed E-state index contributed by atoms with van der Waals surface area (Å²) in [5.41, 5.74) is 1.94. The molecule has 224 valence electrons. The third-order valence-corrected chi connectivity index (χ3v) is 7.21. The SMILES string of the molecule is CC(Nc1ccc(F)c(F)c1)c1cc(C(=O)N[C@H]2CCN(C(=O)OC(C)(C)C)C2)cc2ncc(N3CCOCC3)nc12. The van der Waals surface area contributed by atoms with E-state index < -0.39 is 29.4 Å². The van der Waals surface area contributed by atoms with Crippen molar-refractivity contribution in [2.75, 3.05) is 49.6 Å². The van der Waals surface area contributed by atoms with E-state index in [0.29, 0.717) is 79.5 Å². The van der Waals surface area contributed by atoms with E-state index in [2.05, 4.69) is 20.5 Å². The number of morpholine rings is 1. The second kappa shape index (κ2) is 12.0. The molecule has 0 spiro atoms. The van der Waals surface area contributed by atoms with E-state index in [1.165, 1.54) is 6.07 Å². The molecule has 2 aromatic carbocycles. The molecular formula is C30H36F2N6O4.